The lowest BCUT2D eigenvalue weighted by Crippen LogP contribution is -3.00. The molecule has 0 fully saturated rings. The lowest BCUT2D eigenvalue weighted by molar-refractivity contribution is -0.679. The molecule has 1 aromatic rings. The van der Waals surface area contributed by atoms with Gasteiger partial charge in [-0.2, -0.15) is 0 Å². The molecule has 0 radical (unpaired) electrons. The summed E-state index contributed by atoms with van der Waals surface area (Å²) in [5, 5.41) is 0. The van der Waals surface area contributed by atoms with Crippen molar-refractivity contribution in [3.63, 3.8) is 0 Å². The van der Waals surface area contributed by atoms with Crippen LogP contribution in [0.5, 0.6) is 0 Å². The van der Waals surface area contributed by atoms with Crippen molar-refractivity contribution >= 4 is 0 Å². The molecule has 1 aromatic heterocycles. The lowest BCUT2D eigenvalue weighted by atomic mass is 10.0. The van der Waals surface area contributed by atoms with Gasteiger partial charge in [-0.1, -0.05) is 96.5 Å². The smallest absolute Gasteiger partial charge is 0.181 e. The molecule has 2 heteroatoms. The molecular formula is C22H40ClN. The minimum Gasteiger partial charge on any atom is -1.00 e. The van der Waals surface area contributed by atoms with Gasteiger partial charge in [0.25, 0.3) is 0 Å². The zero-order valence-electron chi connectivity index (χ0n) is 16.2. The molecule has 0 aliphatic carbocycles. The average Bonchev–Trinajstić information content (AvgIpc) is 2.57. The number of hydrogen-bond acceptors (Lipinski definition) is 0. The number of pyridine rings is 1. The zero-order chi connectivity index (χ0) is 16.6. The third kappa shape index (κ3) is 12.8. The van der Waals surface area contributed by atoms with Crippen molar-refractivity contribution in [3.8, 4) is 0 Å². The summed E-state index contributed by atoms with van der Waals surface area (Å²) in [6.07, 6.45) is 23.5. The number of aryl methyl sites for hydroxylation is 2. The second kappa shape index (κ2) is 17.3. The highest BCUT2D eigenvalue weighted by Gasteiger charge is 2.03. The predicted molar refractivity (Wildman–Crippen MR) is 102 cm³/mol. The van der Waals surface area contributed by atoms with Crippen LogP contribution in [-0.2, 0) is 13.5 Å². The quantitative estimate of drug-likeness (QED) is 0.335. The first-order valence-corrected chi connectivity index (χ1v) is 10.3. The van der Waals surface area contributed by atoms with E-state index in [2.05, 4.69) is 42.9 Å². The summed E-state index contributed by atoms with van der Waals surface area (Å²) in [5.41, 5.74) is 1.46. The van der Waals surface area contributed by atoms with E-state index in [1.54, 1.807) is 0 Å². The van der Waals surface area contributed by atoms with E-state index < -0.39 is 0 Å². The van der Waals surface area contributed by atoms with E-state index in [0.717, 1.165) is 0 Å². The SMILES string of the molecule is CCCCCCCCCCCCCCCCc1cccc[n+]1C.[Cl-]. The topological polar surface area (TPSA) is 3.88 Å². The number of halogens is 1. The molecule has 1 nitrogen and oxygen atoms in total. The van der Waals surface area contributed by atoms with Crippen LogP contribution < -0.4 is 17.0 Å². The monoisotopic (exact) mass is 353 g/mol. The van der Waals surface area contributed by atoms with Crippen molar-refractivity contribution in [2.45, 2.75) is 103 Å². The third-order valence-electron chi connectivity index (χ3n) is 4.95. The fourth-order valence-corrected chi connectivity index (χ4v) is 3.32. The number of aromatic nitrogens is 1. The number of unbranched alkanes of at least 4 members (excludes halogenated alkanes) is 13. The largest absolute Gasteiger partial charge is 1.00 e. The Bertz CT molecular complexity index is 378. The maximum atomic E-state index is 2.29. The fourth-order valence-electron chi connectivity index (χ4n) is 3.32. The van der Waals surface area contributed by atoms with E-state index in [0.29, 0.717) is 0 Å². The van der Waals surface area contributed by atoms with Crippen LogP contribution in [0, 0.1) is 0 Å². The lowest BCUT2D eigenvalue weighted by Gasteiger charge is -2.03. The summed E-state index contributed by atoms with van der Waals surface area (Å²) in [6.45, 7) is 2.29. The molecule has 0 saturated carbocycles. The van der Waals surface area contributed by atoms with Crippen LogP contribution in [-0.4, -0.2) is 0 Å². The molecule has 24 heavy (non-hydrogen) atoms. The summed E-state index contributed by atoms with van der Waals surface area (Å²) >= 11 is 0. The van der Waals surface area contributed by atoms with Crippen LogP contribution in [0.4, 0.5) is 0 Å². The van der Waals surface area contributed by atoms with Gasteiger partial charge in [0, 0.05) is 18.6 Å². The number of hydrogen-bond donors (Lipinski definition) is 0. The molecule has 0 saturated heterocycles. The second-order valence-corrected chi connectivity index (χ2v) is 7.15. The Balaban J connectivity index is 0.00000529. The van der Waals surface area contributed by atoms with Crippen molar-refractivity contribution in [1.82, 2.24) is 0 Å². The van der Waals surface area contributed by atoms with Crippen molar-refractivity contribution < 1.29 is 17.0 Å². The van der Waals surface area contributed by atoms with Crippen molar-refractivity contribution in [1.29, 1.82) is 0 Å². The third-order valence-corrected chi connectivity index (χ3v) is 4.95. The van der Waals surface area contributed by atoms with Gasteiger partial charge in [-0.15, -0.1) is 0 Å². The zero-order valence-corrected chi connectivity index (χ0v) is 17.0. The first kappa shape index (κ1) is 23.4. The summed E-state index contributed by atoms with van der Waals surface area (Å²) < 4.78 is 2.25. The minimum atomic E-state index is 0. The van der Waals surface area contributed by atoms with Crippen LogP contribution in [0.1, 0.15) is 103 Å². The fraction of sp³-hybridized carbons (Fsp3) is 0.773. The Kier molecular flexibility index (Phi) is 16.9. The molecule has 0 unspecified atom stereocenters. The van der Waals surface area contributed by atoms with Gasteiger partial charge in [0.2, 0.25) is 0 Å². The van der Waals surface area contributed by atoms with E-state index in [4.69, 9.17) is 0 Å². The number of nitrogens with zero attached hydrogens (tertiary/aromatic N) is 1. The molecule has 0 atom stereocenters. The van der Waals surface area contributed by atoms with Crippen molar-refractivity contribution in [2.75, 3.05) is 0 Å². The summed E-state index contributed by atoms with van der Waals surface area (Å²) in [7, 11) is 2.15. The molecule has 0 bridgehead atoms. The first-order chi connectivity index (χ1) is 11.3. The Morgan fingerprint density at radius 3 is 1.58 bits per heavy atom. The Hall–Kier alpha value is -0.560. The summed E-state index contributed by atoms with van der Waals surface area (Å²) in [4.78, 5) is 0. The van der Waals surface area contributed by atoms with Gasteiger partial charge in [0.15, 0.2) is 11.9 Å². The van der Waals surface area contributed by atoms with Gasteiger partial charge >= 0.3 is 0 Å². The molecule has 140 valence electrons. The number of rotatable bonds is 15. The molecule has 0 amide bonds. The molecule has 0 N–H and O–H groups in total. The molecule has 0 spiro atoms. The Morgan fingerprint density at radius 1 is 0.667 bits per heavy atom. The van der Waals surface area contributed by atoms with Gasteiger partial charge in [-0.3, -0.25) is 0 Å². The van der Waals surface area contributed by atoms with Crippen molar-refractivity contribution in [2.24, 2.45) is 7.05 Å². The normalized spacial score (nSPS) is 10.6. The summed E-state index contributed by atoms with van der Waals surface area (Å²) in [6, 6.07) is 6.51. The van der Waals surface area contributed by atoms with Gasteiger partial charge in [0.1, 0.15) is 7.05 Å². The highest BCUT2D eigenvalue weighted by molar-refractivity contribution is 4.96. The average molecular weight is 354 g/mol. The highest BCUT2D eigenvalue weighted by Crippen LogP contribution is 2.13. The second-order valence-electron chi connectivity index (χ2n) is 7.15. The van der Waals surface area contributed by atoms with Crippen LogP contribution in [0.15, 0.2) is 24.4 Å². The Labute approximate surface area is 157 Å². The molecular weight excluding hydrogens is 314 g/mol. The van der Waals surface area contributed by atoms with Crippen LogP contribution in [0.25, 0.3) is 0 Å². The predicted octanol–water partition coefficient (Wildman–Crippen LogP) is 3.54. The van der Waals surface area contributed by atoms with Crippen LogP contribution in [0.3, 0.4) is 0 Å². The molecule has 0 aromatic carbocycles. The molecule has 1 rings (SSSR count). The van der Waals surface area contributed by atoms with E-state index in [9.17, 15) is 0 Å². The Morgan fingerprint density at radius 2 is 1.12 bits per heavy atom. The maximum absolute atomic E-state index is 2.29. The van der Waals surface area contributed by atoms with E-state index >= 15 is 0 Å². The minimum absolute atomic E-state index is 0. The van der Waals surface area contributed by atoms with E-state index in [-0.39, 0.29) is 12.4 Å². The van der Waals surface area contributed by atoms with E-state index in [1.807, 2.05) is 0 Å². The summed E-state index contributed by atoms with van der Waals surface area (Å²) in [5.74, 6) is 0. The molecule has 0 aliphatic rings. The first-order valence-electron chi connectivity index (χ1n) is 10.3. The van der Waals surface area contributed by atoms with Crippen LogP contribution >= 0.6 is 0 Å². The molecule has 0 aliphatic heterocycles. The van der Waals surface area contributed by atoms with Gasteiger partial charge < -0.3 is 12.4 Å². The van der Waals surface area contributed by atoms with E-state index in [1.165, 1.54) is 102 Å². The van der Waals surface area contributed by atoms with Crippen LogP contribution in [0.2, 0.25) is 0 Å². The van der Waals surface area contributed by atoms with Gasteiger partial charge in [-0.05, 0) is 6.42 Å². The van der Waals surface area contributed by atoms with Gasteiger partial charge in [-0.25, -0.2) is 4.57 Å². The standard InChI is InChI=1S/C22H40N.ClH/c1-3-4-5-6-7-8-9-10-11-12-13-14-15-16-19-22-20-17-18-21-23(22)2;/h17-18,20-21H,3-16,19H2,1-2H3;1H/q+1;/p-1. The maximum Gasteiger partial charge on any atom is 0.181 e. The molecule has 1 heterocycles. The van der Waals surface area contributed by atoms with Gasteiger partial charge in [0.05, 0.1) is 0 Å². The van der Waals surface area contributed by atoms with Crippen molar-refractivity contribution in [3.05, 3.63) is 30.1 Å². The highest BCUT2D eigenvalue weighted by atomic mass is 35.5.